The molecule has 0 aliphatic rings. The molecule has 0 heterocycles. The lowest BCUT2D eigenvalue weighted by molar-refractivity contribution is -0.151. The van der Waals surface area contributed by atoms with Crippen molar-refractivity contribution in [1.29, 1.82) is 0 Å². The summed E-state index contributed by atoms with van der Waals surface area (Å²) in [6, 6.07) is -2.00. The number of phosphoric ester groups is 2. The number of hydrogen-bond acceptors (Lipinski definition) is 18. The van der Waals surface area contributed by atoms with Gasteiger partial charge < -0.3 is 50.0 Å². The van der Waals surface area contributed by atoms with Crippen molar-refractivity contribution in [3.63, 3.8) is 0 Å². The zero-order chi connectivity index (χ0) is 78.3. The van der Waals surface area contributed by atoms with Gasteiger partial charge in [0, 0.05) is 51.6 Å². The minimum absolute atomic E-state index is 0.128. The van der Waals surface area contributed by atoms with Gasteiger partial charge in [0.25, 0.3) is 0 Å². The lowest BCUT2D eigenvalue weighted by Gasteiger charge is -2.22. The second kappa shape index (κ2) is 72.3. The molecule has 618 valence electrons. The molecule has 2 unspecified atom stereocenters. The summed E-state index contributed by atoms with van der Waals surface area (Å²) >= 11 is 0. The van der Waals surface area contributed by atoms with E-state index in [-0.39, 0.29) is 82.3 Å². The van der Waals surface area contributed by atoms with Gasteiger partial charge in [-0.2, -0.15) is 0 Å². The van der Waals surface area contributed by atoms with Gasteiger partial charge in [0.15, 0.2) is 0 Å². The molecule has 6 N–H and O–H groups in total. The third-order valence-corrected chi connectivity index (χ3v) is 19.9. The molecule has 0 rings (SSSR count). The first-order valence-electron chi connectivity index (χ1n) is 41.4. The number of unbranched alkanes of at least 4 members (excludes halogenated alkanes) is 30. The minimum Gasteiger partial charge on any atom is -0.462 e. The van der Waals surface area contributed by atoms with Gasteiger partial charge in [-0.05, 0) is 84.0 Å². The van der Waals surface area contributed by atoms with Crippen LogP contribution in [0.3, 0.4) is 0 Å². The molecule has 0 aliphatic heterocycles. The van der Waals surface area contributed by atoms with Gasteiger partial charge in [0.05, 0.1) is 77.8 Å². The number of ketones is 2. The Balaban J connectivity index is 5.60. The summed E-state index contributed by atoms with van der Waals surface area (Å²) in [4.78, 5) is 125. The van der Waals surface area contributed by atoms with Crippen molar-refractivity contribution in [1.82, 2.24) is 21.3 Å². The number of phosphoric acid groups is 2. The van der Waals surface area contributed by atoms with Crippen LogP contribution in [0.25, 0.3) is 0 Å². The third-order valence-electron chi connectivity index (χ3n) is 17.9. The van der Waals surface area contributed by atoms with E-state index in [4.69, 9.17) is 37.0 Å². The summed E-state index contributed by atoms with van der Waals surface area (Å²) < 4.78 is 70.7. The maximum Gasteiger partial charge on any atom is 0.472 e. The fourth-order valence-electron chi connectivity index (χ4n) is 11.7. The fourth-order valence-corrected chi connectivity index (χ4v) is 13.2. The van der Waals surface area contributed by atoms with E-state index in [1.54, 1.807) is 0 Å². The van der Waals surface area contributed by atoms with Gasteiger partial charge in [-0.25, -0.2) is 9.13 Å². The first kappa shape index (κ1) is 102. The number of rotatable bonds is 79. The number of nitrogens with one attached hydrogen (secondary N) is 4. The molecule has 0 aromatic rings. The van der Waals surface area contributed by atoms with Crippen molar-refractivity contribution in [3.8, 4) is 0 Å². The SMILES string of the molecule is C/C=C\CCCC(=O)O[C@H](CCCCCCC)CCOC[C@@H](COP(=O)(O)OCCNC(=O)CC(=O)NCCOP(=O)(O)OC[C@H](COCC[C@@H](CCCCCCC)OC(=O)CCC/C=C\CCCCCC)NC(=O)CC(=O)CCCCCCCCCCC)NC(=O)CC(=O)CCCCCCCCCCC. The Kier molecular flexibility index (Phi) is 69.5. The highest BCUT2D eigenvalue weighted by atomic mass is 31.2. The van der Waals surface area contributed by atoms with E-state index in [1.807, 2.05) is 19.1 Å². The molecule has 106 heavy (non-hydrogen) atoms. The van der Waals surface area contributed by atoms with E-state index in [2.05, 4.69) is 68.0 Å². The molecule has 6 atom stereocenters. The average molecular weight is 1550 g/mol. The van der Waals surface area contributed by atoms with Gasteiger partial charge in [0.1, 0.15) is 30.2 Å². The van der Waals surface area contributed by atoms with Crippen molar-refractivity contribution in [3.05, 3.63) is 24.3 Å². The van der Waals surface area contributed by atoms with Crippen LogP contribution in [-0.4, -0.2) is 147 Å². The van der Waals surface area contributed by atoms with Crippen molar-refractivity contribution >= 4 is 62.8 Å². The van der Waals surface area contributed by atoms with Gasteiger partial charge in [0.2, 0.25) is 23.6 Å². The van der Waals surface area contributed by atoms with Crippen LogP contribution < -0.4 is 21.3 Å². The molecule has 26 heteroatoms. The predicted molar refractivity (Wildman–Crippen MR) is 419 cm³/mol. The quantitative estimate of drug-likeness (QED) is 0.0108. The number of carbonyl (C=O) groups excluding carboxylic acids is 8. The van der Waals surface area contributed by atoms with Crippen molar-refractivity contribution in [2.45, 2.75) is 374 Å². The molecule has 4 amide bonds. The van der Waals surface area contributed by atoms with Crippen molar-refractivity contribution < 1.29 is 94.3 Å². The second-order valence-electron chi connectivity index (χ2n) is 28.2. The molecular formula is C80H148N4O20P2. The fraction of sp³-hybridized carbons (Fsp3) is 0.850. The number of esters is 2. The van der Waals surface area contributed by atoms with E-state index < -0.39 is 109 Å². The van der Waals surface area contributed by atoms with Crippen LogP contribution in [0.2, 0.25) is 0 Å². The number of allylic oxidation sites excluding steroid dienone is 4. The van der Waals surface area contributed by atoms with E-state index in [9.17, 15) is 57.3 Å². The lowest BCUT2D eigenvalue weighted by atomic mass is 10.0. The first-order chi connectivity index (χ1) is 51.2. The lowest BCUT2D eigenvalue weighted by Crippen LogP contribution is -2.42. The van der Waals surface area contributed by atoms with Crippen LogP contribution in [0.5, 0.6) is 0 Å². The number of Topliss-reactive ketones (excluding diaryl/α,β-unsaturated/α-hetero) is 2. The Hall–Kier alpha value is -4.22. The summed E-state index contributed by atoms with van der Waals surface area (Å²) in [5.74, 6) is -3.85. The van der Waals surface area contributed by atoms with Crippen LogP contribution in [0.4, 0.5) is 0 Å². The van der Waals surface area contributed by atoms with Gasteiger partial charge in [-0.3, -0.25) is 56.5 Å². The summed E-state index contributed by atoms with van der Waals surface area (Å²) in [7, 11) is -9.65. The molecule has 0 radical (unpaired) electrons. The Bertz CT molecular complexity index is 2400. The highest BCUT2D eigenvalue weighted by molar-refractivity contribution is 7.47. The Morgan fingerprint density at radius 2 is 0.679 bits per heavy atom. The van der Waals surface area contributed by atoms with E-state index in [0.717, 1.165) is 141 Å². The zero-order valence-corrected chi connectivity index (χ0v) is 68.6. The largest absolute Gasteiger partial charge is 0.472 e. The molecule has 0 saturated heterocycles. The molecule has 0 aliphatic carbocycles. The molecule has 0 spiro atoms. The molecule has 24 nitrogen and oxygen atoms in total. The smallest absolute Gasteiger partial charge is 0.462 e. The summed E-state index contributed by atoms with van der Waals surface area (Å²) in [6.07, 6.45) is 47.5. The molecule has 0 aromatic heterocycles. The normalized spacial score (nSPS) is 13.9. The minimum atomic E-state index is -4.83. The maximum absolute atomic E-state index is 13.2. The Labute approximate surface area is 639 Å². The van der Waals surface area contributed by atoms with Gasteiger partial charge in [-0.15, -0.1) is 0 Å². The topological polar surface area (TPSA) is 333 Å². The third kappa shape index (κ3) is 69.0. The van der Waals surface area contributed by atoms with E-state index in [0.29, 0.717) is 57.8 Å². The molecule has 0 bridgehead atoms. The Morgan fingerprint density at radius 1 is 0.349 bits per heavy atom. The van der Waals surface area contributed by atoms with E-state index in [1.165, 1.54) is 70.6 Å². The molecular weight excluding hydrogens is 1400 g/mol. The molecule has 0 saturated carbocycles. The van der Waals surface area contributed by atoms with Crippen molar-refractivity contribution in [2.75, 3.05) is 65.9 Å². The number of hydrogen-bond donors (Lipinski definition) is 6. The van der Waals surface area contributed by atoms with Crippen LogP contribution in [0.1, 0.15) is 350 Å². The second-order valence-corrected chi connectivity index (χ2v) is 31.1. The number of amides is 4. The van der Waals surface area contributed by atoms with Crippen LogP contribution in [-0.2, 0) is 84.5 Å². The maximum atomic E-state index is 13.2. The van der Waals surface area contributed by atoms with Gasteiger partial charge >= 0.3 is 27.6 Å². The standard InChI is InChI=1S/C80H148N4O20P2/c1-7-13-19-25-28-31-34-39-42-48-71(85)62-77(89)83-69(65-97-58-54-73(50-44-37-22-16-10-4)103-79(91)52-46-24-18-12-6)67-101-105(93,94)99-60-56-81-75(87)64-76(88)82-57-61-100-106(95,96)102-68-70(84-78(90)63-72(86)49-43-40-35-32-29-26-20-14-8-2)66-98-59-55-74(51-45-38-23-17-11-5)104-80(92)53-47-41-36-33-30-27-21-15-9-3/h12,18,33,36,69-70,73-74H,7-11,13-17,19-32,34-35,37-68H2,1-6H3,(H,81,87)(H,82,88)(H,83,89)(H,84,90)(H,93,94)(H,95,96)/b18-12-,36-33-/t69-,70-,73+,74+/m0/s1. The number of ether oxygens (including phenoxy) is 4. The van der Waals surface area contributed by atoms with E-state index >= 15 is 0 Å². The predicted octanol–water partition coefficient (Wildman–Crippen LogP) is 17.4. The van der Waals surface area contributed by atoms with Crippen molar-refractivity contribution in [2.24, 2.45) is 0 Å². The summed E-state index contributed by atoms with van der Waals surface area (Å²) in [5.41, 5.74) is 0. The monoisotopic (exact) mass is 1550 g/mol. The summed E-state index contributed by atoms with van der Waals surface area (Å²) in [6.45, 7) is 9.84. The average Bonchev–Trinajstić information content (AvgIpc) is 0.939. The summed E-state index contributed by atoms with van der Waals surface area (Å²) in [5, 5.41) is 10.2. The number of carbonyl (C=O) groups is 8. The zero-order valence-electron chi connectivity index (χ0n) is 66.8. The highest BCUT2D eigenvalue weighted by Gasteiger charge is 2.28. The Morgan fingerprint density at radius 3 is 1.05 bits per heavy atom. The first-order valence-corrected chi connectivity index (χ1v) is 44.4. The molecule has 0 fully saturated rings. The highest BCUT2D eigenvalue weighted by Crippen LogP contribution is 2.44. The van der Waals surface area contributed by atoms with Gasteiger partial charge in [-0.1, -0.05) is 232 Å². The van der Waals surface area contributed by atoms with Crippen LogP contribution >= 0.6 is 15.6 Å². The van der Waals surface area contributed by atoms with Crippen LogP contribution in [0, 0.1) is 0 Å². The van der Waals surface area contributed by atoms with Crippen LogP contribution in [0.15, 0.2) is 24.3 Å². The molecule has 0 aromatic carbocycles.